The number of rotatable bonds is 2. The maximum absolute atomic E-state index is 12.8. The van der Waals surface area contributed by atoms with Crippen molar-refractivity contribution < 1.29 is 9.59 Å². The zero-order chi connectivity index (χ0) is 17.8. The van der Waals surface area contributed by atoms with Gasteiger partial charge in [-0.1, -0.05) is 37.3 Å². The average molecular weight is 337 g/mol. The zero-order valence-corrected chi connectivity index (χ0v) is 14.6. The van der Waals surface area contributed by atoms with Crippen molar-refractivity contribution >= 4 is 17.5 Å². The number of anilines is 1. The minimum Gasteiger partial charge on any atom is -0.327 e. The number of pyridine rings is 1. The molecule has 2 amide bonds. The second kappa shape index (κ2) is 7.47. The smallest absolute Gasteiger partial charge is 0.313 e. The van der Waals surface area contributed by atoms with Crippen LogP contribution < -0.4 is 5.32 Å². The standard InChI is InChI=1S/C20H23N3O2/c1-14-8-9-18(16-6-4-3-5-7-16)23(13-14)20(25)19(24)22-17-10-15(2)11-21-12-17/h3-7,10-12,14,18H,8-9,13H2,1-2H3,(H,22,24). The van der Waals surface area contributed by atoms with Crippen LogP contribution in [0.4, 0.5) is 5.69 Å². The first kappa shape index (κ1) is 17.1. The highest BCUT2D eigenvalue weighted by atomic mass is 16.2. The van der Waals surface area contributed by atoms with E-state index in [0.29, 0.717) is 18.2 Å². The van der Waals surface area contributed by atoms with Gasteiger partial charge in [-0.3, -0.25) is 14.6 Å². The Morgan fingerprint density at radius 2 is 1.92 bits per heavy atom. The third-order valence-corrected chi connectivity index (χ3v) is 4.59. The predicted octanol–water partition coefficient (Wildman–Crippen LogP) is 3.33. The van der Waals surface area contributed by atoms with Crippen LogP contribution in [-0.2, 0) is 9.59 Å². The third kappa shape index (κ3) is 4.05. The normalized spacial score (nSPS) is 20.2. The lowest BCUT2D eigenvalue weighted by Gasteiger charge is -2.38. The molecule has 5 heteroatoms. The SMILES string of the molecule is Cc1cncc(NC(=O)C(=O)N2CC(C)CCC2c2ccccc2)c1. The second-order valence-electron chi connectivity index (χ2n) is 6.77. The van der Waals surface area contributed by atoms with Gasteiger partial charge in [0.2, 0.25) is 0 Å². The van der Waals surface area contributed by atoms with Crippen molar-refractivity contribution in [3.8, 4) is 0 Å². The van der Waals surface area contributed by atoms with Crippen LogP contribution in [0.25, 0.3) is 0 Å². The average Bonchev–Trinajstić information content (AvgIpc) is 2.61. The molecule has 2 heterocycles. The van der Waals surface area contributed by atoms with Crippen LogP contribution in [0.1, 0.15) is 36.9 Å². The van der Waals surface area contributed by atoms with Gasteiger partial charge in [0.15, 0.2) is 0 Å². The van der Waals surface area contributed by atoms with Gasteiger partial charge in [0.1, 0.15) is 0 Å². The van der Waals surface area contributed by atoms with Gasteiger partial charge in [-0.2, -0.15) is 0 Å². The van der Waals surface area contributed by atoms with Crippen LogP contribution in [0.5, 0.6) is 0 Å². The van der Waals surface area contributed by atoms with Crippen molar-refractivity contribution in [2.75, 3.05) is 11.9 Å². The summed E-state index contributed by atoms with van der Waals surface area (Å²) in [6.45, 7) is 4.60. The minimum atomic E-state index is -0.609. The summed E-state index contributed by atoms with van der Waals surface area (Å²) in [5, 5.41) is 2.67. The summed E-state index contributed by atoms with van der Waals surface area (Å²) in [5.74, 6) is -0.707. The molecular weight excluding hydrogens is 314 g/mol. The molecule has 2 unspecified atom stereocenters. The lowest BCUT2D eigenvalue weighted by molar-refractivity contribution is -0.146. The third-order valence-electron chi connectivity index (χ3n) is 4.59. The molecule has 1 saturated heterocycles. The first-order valence-corrected chi connectivity index (χ1v) is 8.63. The van der Waals surface area contributed by atoms with Crippen molar-refractivity contribution in [2.24, 2.45) is 5.92 Å². The number of aromatic nitrogens is 1. The molecule has 0 saturated carbocycles. The number of hydrogen-bond acceptors (Lipinski definition) is 3. The van der Waals surface area contributed by atoms with Gasteiger partial charge in [-0.05, 0) is 42.9 Å². The monoisotopic (exact) mass is 337 g/mol. The van der Waals surface area contributed by atoms with Crippen LogP contribution in [0.3, 0.4) is 0 Å². The van der Waals surface area contributed by atoms with E-state index in [1.807, 2.05) is 37.3 Å². The van der Waals surface area contributed by atoms with Gasteiger partial charge < -0.3 is 10.2 Å². The molecule has 130 valence electrons. The molecule has 1 aromatic heterocycles. The summed E-state index contributed by atoms with van der Waals surface area (Å²) in [4.78, 5) is 31.0. The van der Waals surface area contributed by atoms with Crippen LogP contribution in [-0.4, -0.2) is 28.2 Å². The second-order valence-corrected chi connectivity index (χ2v) is 6.77. The molecule has 1 aliphatic rings. The number of carbonyl (C=O) groups is 2. The topological polar surface area (TPSA) is 62.3 Å². The lowest BCUT2D eigenvalue weighted by Crippen LogP contribution is -2.46. The van der Waals surface area contributed by atoms with E-state index in [0.717, 1.165) is 24.0 Å². The number of benzene rings is 1. The Kier molecular flexibility index (Phi) is 5.12. The molecule has 1 aromatic carbocycles. The number of amides is 2. The number of carbonyl (C=O) groups excluding carboxylic acids is 2. The Balaban J connectivity index is 1.78. The van der Waals surface area contributed by atoms with E-state index in [1.54, 1.807) is 23.4 Å². The summed E-state index contributed by atoms with van der Waals surface area (Å²) in [5.41, 5.74) is 2.55. The predicted molar refractivity (Wildman–Crippen MR) is 96.9 cm³/mol. The molecule has 1 fully saturated rings. The molecule has 0 radical (unpaired) electrons. The van der Waals surface area contributed by atoms with E-state index >= 15 is 0 Å². The Bertz CT molecular complexity index is 761. The maximum Gasteiger partial charge on any atom is 0.313 e. The van der Waals surface area contributed by atoms with E-state index in [-0.39, 0.29) is 6.04 Å². The lowest BCUT2D eigenvalue weighted by atomic mass is 9.90. The number of piperidine rings is 1. The molecule has 0 bridgehead atoms. The van der Waals surface area contributed by atoms with Gasteiger partial charge in [-0.15, -0.1) is 0 Å². The van der Waals surface area contributed by atoms with Crippen molar-refractivity contribution in [2.45, 2.75) is 32.7 Å². The van der Waals surface area contributed by atoms with Crippen molar-refractivity contribution in [3.63, 3.8) is 0 Å². The number of nitrogens with zero attached hydrogens (tertiary/aromatic N) is 2. The number of nitrogens with one attached hydrogen (secondary N) is 1. The molecule has 1 N–H and O–H groups in total. The molecule has 2 atom stereocenters. The first-order valence-electron chi connectivity index (χ1n) is 8.63. The summed E-state index contributed by atoms with van der Waals surface area (Å²) in [7, 11) is 0. The largest absolute Gasteiger partial charge is 0.327 e. The molecular formula is C20H23N3O2. The molecule has 2 aromatic rings. The van der Waals surface area contributed by atoms with Crippen LogP contribution in [0.15, 0.2) is 48.8 Å². The van der Waals surface area contributed by atoms with Gasteiger partial charge in [0.05, 0.1) is 17.9 Å². The van der Waals surface area contributed by atoms with E-state index in [9.17, 15) is 9.59 Å². The molecule has 0 aliphatic carbocycles. The fourth-order valence-corrected chi connectivity index (χ4v) is 3.34. The Hall–Kier alpha value is -2.69. The van der Waals surface area contributed by atoms with E-state index in [2.05, 4.69) is 17.2 Å². The fourth-order valence-electron chi connectivity index (χ4n) is 3.34. The van der Waals surface area contributed by atoms with Gasteiger partial charge in [-0.25, -0.2) is 0 Å². The highest BCUT2D eigenvalue weighted by Crippen LogP contribution is 2.33. The summed E-state index contributed by atoms with van der Waals surface area (Å²) in [6, 6.07) is 11.7. The van der Waals surface area contributed by atoms with Crippen molar-refractivity contribution in [1.82, 2.24) is 9.88 Å². The van der Waals surface area contributed by atoms with E-state index in [1.165, 1.54) is 0 Å². The van der Waals surface area contributed by atoms with Crippen LogP contribution in [0, 0.1) is 12.8 Å². The highest BCUT2D eigenvalue weighted by molar-refractivity contribution is 6.39. The minimum absolute atomic E-state index is 0.0497. The fraction of sp³-hybridized carbons (Fsp3) is 0.350. The number of hydrogen-bond donors (Lipinski definition) is 1. The Morgan fingerprint density at radius 1 is 1.16 bits per heavy atom. The number of likely N-dealkylation sites (tertiary alicyclic amines) is 1. The number of aryl methyl sites for hydroxylation is 1. The van der Waals surface area contributed by atoms with Crippen LogP contribution in [0.2, 0.25) is 0 Å². The highest BCUT2D eigenvalue weighted by Gasteiger charge is 2.34. The van der Waals surface area contributed by atoms with E-state index < -0.39 is 11.8 Å². The van der Waals surface area contributed by atoms with Crippen molar-refractivity contribution in [3.05, 3.63) is 59.9 Å². The van der Waals surface area contributed by atoms with Crippen LogP contribution >= 0.6 is 0 Å². The van der Waals surface area contributed by atoms with Gasteiger partial charge in [0, 0.05) is 12.7 Å². The summed E-state index contributed by atoms with van der Waals surface area (Å²) >= 11 is 0. The Morgan fingerprint density at radius 3 is 2.64 bits per heavy atom. The van der Waals surface area contributed by atoms with Crippen molar-refractivity contribution in [1.29, 1.82) is 0 Å². The molecule has 3 rings (SSSR count). The molecule has 5 nitrogen and oxygen atoms in total. The zero-order valence-electron chi connectivity index (χ0n) is 14.6. The molecule has 0 spiro atoms. The Labute approximate surface area is 148 Å². The van der Waals surface area contributed by atoms with E-state index in [4.69, 9.17) is 0 Å². The first-order chi connectivity index (χ1) is 12.0. The quantitative estimate of drug-likeness (QED) is 0.855. The maximum atomic E-state index is 12.8. The van der Waals surface area contributed by atoms with Gasteiger partial charge in [0.25, 0.3) is 0 Å². The molecule has 25 heavy (non-hydrogen) atoms. The van der Waals surface area contributed by atoms with Gasteiger partial charge >= 0.3 is 11.8 Å². The summed E-state index contributed by atoms with van der Waals surface area (Å²) in [6.07, 6.45) is 5.17. The molecule has 1 aliphatic heterocycles. The summed E-state index contributed by atoms with van der Waals surface area (Å²) < 4.78 is 0.